The molecule has 0 spiro atoms. The number of benzene rings is 1. The maximum atomic E-state index is 5.58. The Labute approximate surface area is 112 Å². The molecular weight excluding hydrogens is 282 g/mol. The number of hydrogen-bond acceptors (Lipinski definition) is 3. The molecule has 96 valence electrons. The molecule has 1 rings (SSSR count). The SMILES string of the molecule is COCCCNCCOCc1ccccc1Br. The summed E-state index contributed by atoms with van der Waals surface area (Å²) in [6, 6.07) is 8.12. The molecular formula is C13H20BrNO2. The number of ether oxygens (including phenoxy) is 2. The molecule has 3 nitrogen and oxygen atoms in total. The van der Waals surface area contributed by atoms with E-state index in [9.17, 15) is 0 Å². The van der Waals surface area contributed by atoms with Gasteiger partial charge in [0.1, 0.15) is 0 Å². The van der Waals surface area contributed by atoms with Crippen LogP contribution in [0.4, 0.5) is 0 Å². The van der Waals surface area contributed by atoms with Gasteiger partial charge >= 0.3 is 0 Å². The molecule has 1 aromatic carbocycles. The molecule has 0 aromatic heterocycles. The lowest BCUT2D eigenvalue weighted by atomic mass is 10.2. The molecule has 0 aliphatic rings. The van der Waals surface area contributed by atoms with Crippen molar-refractivity contribution in [3.63, 3.8) is 0 Å². The monoisotopic (exact) mass is 301 g/mol. The zero-order valence-corrected chi connectivity index (χ0v) is 11.8. The van der Waals surface area contributed by atoms with Crippen LogP contribution in [-0.2, 0) is 16.1 Å². The van der Waals surface area contributed by atoms with Crippen LogP contribution in [0.25, 0.3) is 0 Å². The minimum atomic E-state index is 0.654. The predicted molar refractivity (Wildman–Crippen MR) is 73.2 cm³/mol. The van der Waals surface area contributed by atoms with Crippen LogP contribution in [0.3, 0.4) is 0 Å². The highest BCUT2D eigenvalue weighted by molar-refractivity contribution is 9.10. The summed E-state index contributed by atoms with van der Waals surface area (Å²) < 4.78 is 11.7. The summed E-state index contributed by atoms with van der Waals surface area (Å²) in [5, 5.41) is 3.30. The van der Waals surface area contributed by atoms with Gasteiger partial charge in [0.25, 0.3) is 0 Å². The Kier molecular flexibility index (Phi) is 8.26. The van der Waals surface area contributed by atoms with Gasteiger partial charge in [-0.25, -0.2) is 0 Å². The van der Waals surface area contributed by atoms with E-state index < -0.39 is 0 Å². The average Bonchev–Trinajstić information content (AvgIpc) is 2.35. The van der Waals surface area contributed by atoms with Gasteiger partial charge in [0.05, 0.1) is 13.2 Å². The Bertz CT molecular complexity index is 307. The van der Waals surface area contributed by atoms with E-state index >= 15 is 0 Å². The van der Waals surface area contributed by atoms with Gasteiger partial charge in [-0.3, -0.25) is 0 Å². The highest BCUT2D eigenvalue weighted by Crippen LogP contribution is 2.16. The van der Waals surface area contributed by atoms with Gasteiger partial charge in [0, 0.05) is 24.7 Å². The molecule has 0 saturated heterocycles. The smallest absolute Gasteiger partial charge is 0.0728 e. The highest BCUT2D eigenvalue weighted by atomic mass is 79.9. The van der Waals surface area contributed by atoms with Crippen LogP contribution in [-0.4, -0.2) is 33.4 Å². The second kappa shape index (κ2) is 9.59. The zero-order chi connectivity index (χ0) is 12.3. The molecule has 0 unspecified atom stereocenters. The van der Waals surface area contributed by atoms with Crippen molar-refractivity contribution < 1.29 is 9.47 Å². The maximum absolute atomic E-state index is 5.58. The van der Waals surface area contributed by atoms with Crippen molar-refractivity contribution in [3.8, 4) is 0 Å². The van der Waals surface area contributed by atoms with Crippen molar-refractivity contribution in [2.75, 3.05) is 33.4 Å². The Balaban J connectivity index is 1.99. The third-order valence-corrected chi connectivity index (χ3v) is 3.11. The van der Waals surface area contributed by atoms with E-state index in [2.05, 4.69) is 27.3 Å². The van der Waals surface area contributed by atoms with Crippen LogP contribution in [0.2, 0.25) is 0 Å². The van der Waals surface area contributed by atoms with Gasteiger partial charge < -0.3 is 14.8 Å². The van der Waals surface area contributed by atoms with Gasteiger partial charge in [-0.15, -0.1) is 0 Å². The lowest BCUT2D eigenvalue weighted by molar-refractivity contribution is 0.121. The minimum Gasteiger partial charge on any atom is -0.385 e. The number of methoxy groups -OCH3 is 1. The maximum Gasteiger partial charge on any atom is 0.0728 e. The van der Waals surface area contributed by atoms with Crippen LogP contribution in [0.1, 0.15) is 12.0 Å². The van der Waals surface area contributed by atoms with Gasteiger partial charge in [0.15, 0.2) is 0 Å². The second-order valence-electron chi connectivity index (χ2n) is 3.74. The minimum absolute atomic E-state index is 0.654. The summed E-state index contributed by atoms with van der Waals surface area (Å²) in [7, 11) is 1.72. The predicted octanol–water partition coefficient (Wildman–Crippen LogP) is 2.59. The quantitative estimate of drug-likeness (QED) is 0.711. The van der Waals surface area contributed by atoms with E-state index in [4.69, 9.17) is 9.47 Å². The van der Waals surface area contributed by atoms with Crippen LogP contribution >= 0.6 is 15.9 Å². The Morgan fingerprint density at radius 2 is 2.00 bits per heavy atom. The van der Waals surface area contributed by atoms with Gasteiger partial charge in [-0.05, 0) is 24.6 Å². The molecule has 0 aliphatic carbocycles. The third-order valence-electron chi connectivity index (χ3n) is 2.34. The van der Waals surface area contributed by atoms with E-state index in [0.717, 1.165) is 37.2 Å². The molecule has 0 saturated carbocycles. The molecule has 4 heteroatoms. The molecule has 1 N–H and O–H groups in total. The first-order valence-electron chi connectivity index (χ1n) is 5.85. The Morgan fingerprint density at radius 1 is 1.18 bits per heavy atom. The van der Waals surface area contributed by atoms with E-state index in [0.29, 0.717) is 6.61 Å². The van der Waals surface area contributed by atoms with Crippen LogP contribution in [0.5, 0.6) is 0 Å². The number of rotatable bonds is 9. The van der Waals surface area contributed by atoms with E-state index in [1.54, 1.807) is 7.11 Å². The lowest BCUT2D eigenvalue weighted by Gasteiger charge is -2.07. The van der Waals surface area contributed by atoms with E-state index in [-0.39, 0.29) is 0 Å². The zero-order valence-electron chi connectivity index (χ0n) is 10.2. The normalized spacial score (nSPS) is 10.7. The molecule has 0 amide bonds. The molecule has 17 heavy (non-hydrogen) atoms. The topological polar surface area (TPSA) is 30.5 Å². The van der Waals surface area contributed by atoms with Gasteiger partial charge in [0.2, 0.25) is 0 Å². The van der Waals surface area contributed by atoms with E-state index in [1.165, 1.54) is 5.56 Å². The van der Waals surface area contributed by atoms with E-state index in [1.807, 2.05) is 18.2 Å². The standard InChI is InChI=1S/C13H20BrNO2/c1-16-9-4-7-15-8-10-17-11-12-5-2-3-6-13(12)14/h2-3,5-6,15H,4,7-11H2,1H3. The molecule has 0 heterocycles. The van der Waals surface area contributed by atoms with Crippen molar-refractivity contribution in [2.24, 2.45) is 0 Å². The average molecular weight is 302 g/mol. The molecule has 0 atom stereocenters. The van der Waals surface area contributed by atoms with Gasteiger partial charge in [-0.2, -0.15) is 0 Å². The summed E-state index contributed by atoms with van der Waals surface area (Å²) in [6.07, 6.45) is 1.04. The summed E-state index contributed by atoms with van der Waals surface area (Å²) in [5.74, 6) is 0. The van der Waals surface area contributed by atoms with Crippen molar-refractivity contribution >= 4 is 15.9 Å². The van der Waals surface area contributed by atoms with Crippen LogP contribution < -0.4 is 5.32 Å². The largest absolute Gasteiger partial charge is 0.385 e. The van der Waals surface area contributed by atoms with Crippen molar-refractivity contribution in [1.29, 1.82) is 0 Å². The molecule has 0 fully saturated rings. The molecule has 0 radical (unpaired) electrons. The Hall–Kier alpha value is -0.420. The lowest BCUT2D eigenvalue weighted by Crippen LogP contribution is -2.21. The Morgan fingerprint density at radius 3 is 2.76 bits per heavy atom. The first-order chi connectivity index (χ1) is 8.34. The number of halogens is 1. The second-order valence-corrected chi connectivity index (χ2v) is 4.59. The highest BCUT2D eigenvalue weighted by Gasteiger charge is 1.97. The fourth-order valence-electron chi connectivity index (χ4n) is 1.41. The first kappa shape index (κ1) is 14.6. The summed E-state index contributed by atoms with van der Waals surface area (Å²) >= 11 is 3.50. The fourth-order valence-corrected chi connectivity index (χ4v) is 1.81. The number of hydrogen-bond donors (Lipinski definition) is 1. The summed E-state index contributed by atoms with van der Waals surface area (Å²) in [6.45, 7) is 4.06. The molecule has 0 bridgehead atoms. The number of nitrogens with one attached hydrogen (secondary N) is 1. The molecule has 1 aromatic rings. The summed E-state index contributed by atoms with van der Waals surface area (Å²) in [5.41, 5.74) is 1.19. The van der Waals surface area contributed by atoms with Gasteiger partial charge in [-0.1, -0.05) is 34.1 Å². The fraction of sp³-hybridized carbons (Fsp3) is 0.538. The van der Waals surface area contributed by atoms with Crippen LogP contribution in [0.15, 0.2) is 28.7 Å². The van der Waals surface area contributed by atoms with Crippen molar-refractivity contribution in [2.45, 2.75) is 13.0 Å². The van der Waals surface area contributed by atoms with Crippen LogP contribution in [0, 0.1) is 0 Å². The van der Waals surface area contributed by atoms with Crippen molar-refractivity contribution in [1.82, 2.24) is 5.32 Å². The third kappa shape index (κ3) is 6.78. The summed E-state index contributed by atoms with van der Waals surface area (Å²) in [4.78, 5) is 0. The molecule has 0 aliphatic heterocycles. The first-order valence-corrected chi connectivity index (χ1v) is 6.64. The van der Waals surface area contributed by atoms with Crippen molar-refractivity contribution in [3.05, 3.63) is 34.3 Å².